The van der Waals surface area contributed by atoms with Gasteiger partial charge in [-0.25, -0.2) is 0 Å². The van der Waals surface area contributed by atoms with Crippen molar-refractivity contribution in [2.24, 2.45) is 0 Å². The van der Waals surface area contributed by atoms with E-state index in [-0.39, 0.29) is 18.2 Å². The van der Waals surface area contributed by atoms with E-state index in [9.17, 15) is 4.55 Å². The Morgan fingerprint density at radius 3 is 1.80 bits per heavy atom. The van der Waals surface area contributed by atoms with Crippen LogP contribution in [0.4, 0.5) is 0 Å². The Bertz CT molecular complexity index is 169. The van der Waals surface area contributed by atoms with Crippen molar-refractivity contribution in [2.45, 2.75) is 37.8 Å². The molecule has 1 N–H and O–H groups in total. The van der Waals surface area contributed by atoms with Gasteiger partial charge in [-0.3, -0.25) is 0 Å². The maximum absolute atomic E-state index is 10.2. The first kappa shape index (κ1) is 15.3. The third-order valence-corrected chi connectivity index (χ3v) is 5.07. The van der Waals surface area contributed by atoms with Gasteiger partial charge >= 0.3 is 7.12 Å². The molecule has 0 aromatic carbocycles. The Morgan fingerprint density at radius 2 is 1.60 bits per heavy atom. The Morgan fingerprint density at radius 1 is 1.13 bits per heavy atom. The normalized spacial score (nSPS) is 17.3. The highest BCUT2D eigenvalue weighted by Crippen LogP contribution is 2.49. The fourth-order valence-electron chi connectivity index (χ4n) is 2.21. The first-order chi connectivity index (χ1) is 6.92. The smallest absolute Gasteiger partial charge is 0.414 e. The zero-order valence-electron chi connectivity index (χ0n) is 10.8. The van der Waals surface area contributed by atoms with Crippen molar-refractivity contribution < 1.29 is 13.9 Å². The van der Waals surface area contributed by atoms with Crippen LogP contribution in [0.15, 0.2) is 0 Å². The second-order valence-electron chi connectivity index (χ2n) is 4.21. The predicted octanol–water partition coefficient (Wildman–Crippen LogP) is 2.86. The first-order valence-corrected chi connectivity index (χ1v) is 7.89. The summed E-state index contributed by atoms with van der Waals surface area (Å²) >= 11 is 0. The first-order valence-electron chi connectivity index (χ1n) is 5.42. The van der Waals surface area contributed by atoms with Crippen molar-refractivity contribution in [3.05, 3.63) is 0 Å². The minimum Gasteiger partial charge on any atom is -0.414 e. The van der Waals surface area contributed by atoms with Crippen LogP contribution in [0.25, 0.3) is 0 Å². The summed E-state index contributed by atoms with van der Waals surface area (Å²) in [7, 11) is 1.55. The highest BCUT2D eigenvalue weighted by atomic mass is 32.3. The molecule has 0 heterocycles. The summed E-state index contributed by atoms with van der Waals surface area (Å²) in [5, 5.41) is 0.271. The molecule has 0 aliphatic rings. The number of hydrogen-bond donors (Lipinski definition) is 1. The van der Waals surface area contributed by atoms with E-state index in [2.05, 4.69) is 13.8 Å². The zero-order valence-corrected chi connectivity index (χ0v) is 11.6. The fraction of sp³-hybridized carbons (Fsp3) is 1.00. The molecule has 0 amide bonds. The van der Waals surface area contributed by atoms with Crippen molar-refractivity contribution >= 4 is 17.4 Å². The standard InChI is InChI=1S/C10H25BO3S/c1-7-9(11(13-3)14-4)10(8-2)15(5,6)12/h9-10,12H,7-8H2,1-6H3. The lowest BCUT2D eigenvalue weighted by molar-refractivity contribution is 0.261. The molecule has 92 valence electrons. The van der Waals surface area contributed by atoms with E-state index < -0.39 is 10.3 Å². The molecule has 0 aromatic rings. The van der Waals surface area contributed by atoms with Gasteiger partial charge in [0.1, 0.15) is 0 Å². The summed E-state index contributed by atoms with van der Waals surface area (Å²) in [6, 6.07) is 0. The molecule has 2 unspecified atom stereocenters. The summed E-state index contributed by atoms with van der Waals surface area (Å²) in [6.07, 6.45) is 5.79. The monoisotopic (exact) mass is 236 g/mol. The summed E-state index contributed by atoms with van der Waals surface area (Å²) in [4.78, 5) is 0. The van der Waals surface area contributed by atoms with Gasteiger partial charge in [0.25, 0.3) is 0 Å². The van der Waals surface area contributed by atoms with Gasteiger partial charge < -0.3 is 13.9 Å². The molecule has 0 aliphatic carbocycles. The molecule has 5 heteroatoms. The molecular formula is C10H25BO3S. The third kappa shape index (κ3) is 4.35. The van der Waals surface area contributed by atoms with Gasteiger partial charge in [0.15, 0.2) is 0 Å². The topological polar surface area (TPSA) is 38.7 Å². The van der Waals surface area contributed by atoms with Gasteiger partial charge in [-0.15, -0.1) is 10.3 Å². The van der Waals surface area contributed by atoms with E-state index in [4.69, 9.17) is 9.31 Å². The molecule has 0 radical (unpaired) electrons. The number of hydrogen-bond acceptors (Lipinski definition) is 3. The second-order valence-corrected chi connectivity index (χ2v) is 7.51. The highest BCUT2D eigenvalue weighted by molar-refractivity contribution is 8.28. The van der Waals surface area contributed by atoms with Crippen LogP contribution in [0.2, 0.25) is 5.82 Å². The minimum atomic E-state index is -1.55. The fourth-order valence-corrected chi connectivity index (χ4v) is 4.21. The van der Waals surface area contributed by atoms with E-state index >= 15 is 0 Å². The predicted molar refractivity (Wildman–Crippen MR) is 70.0 cm³/mol. The molecule has 0 saturated heterocycles. The van der Waals surface area contributed by atoms with Crippen LogP contribution in [-0.4, -0.2) is 43.7 Å². The van der Waals surface area contributed by atoms with E-state index in [1.165, 1.54) is 0 Å². The van der Waals surface area contributed by atoms with Gasteiger partial charge in [-0.05, 0) is 18.9 Å². The third-order valence-electron chi connectivity index (χ3n) is 2.91. The van der Waals surface area contributed by atoms with Crippen molar-refractivity contribution in [3.63, 3.8) is 0 Å². The Labute approximate surface area is 96.2 Å². The van der Waals surface area contributed by atoms with Gasteiger partial charge in [0.2, 0.25) is 0 Å². The Kier molecular flexibility index (Phi) is 6.92. The van der Waals surface area contributed by atoms with E-state index in [1.807, 2.05) is 12.5 Å². The van der Waals surface area contributed by atoms with E-state index in [0.717, 1.165) is 12.8 Å². The number of rotatable bonds is 7. The molecule has 0 spiro atoms. The molecule has 3 nitrogen and oxygen atoms in total. The van der Waals surface area contributed by atoms with Crippen LogP contribution < -0.4 is 0 Å². The SMILES string of the molecule is CCC(B(OC)OC)C(CC)S(C)(C)O. The van der Waals surface area contributed by atoms with Gasteiger partial charge in [0, 0.05) is 25.3 Å². The van der Waals surface area contributed by atoms with Crippen LogP contribution in [0.5, 0.6) is 0 Å². The quantitative estimate of drug-likeness (QED) is 0.691. The van der Waals surface area contributed by atoms with Crippen LogP contribution in [0.3, 0.4) is 0 Å². The molecule has 0 saturated carbocycles. The van der Waals surface area contributed by atoms with Crippen molar-refractivity contribution in [1.29, 1.82) is 0 Å². The summed E-state index contributed by atoms with van der Waals surface area (Å²) in [5.74, 6) is 0.264. The molecule has 0 aliphatic heterocycles. The lowest BCUT2D eigenvalue weighted by atomic mass is 9.67. The molecule has 0 aromatic heterocycles. The summed E-state index contributed by atoms with van der Waals surface area (Å²) in [5.41, 5.74) is 0. The van der Waals surface area contributed by atoms with E-state index in [1.54, 1.807) is 14.2 Å². The highest BCUT2D eigenvalue weighted by Gasteiger charge is 2.37. The molecule has 0 fully saturated rings. The molecule has 15 heavy (non-hydrogen) atoms. The average Bonchev–Trinajstić information content (AvgIpc) is 2.16. The van der Waals surface area contributed by atoms with Crippen LogP contribution in [0.1, 0.15) is 26.7 Å². The molecular weight excluding hydrogens is 211 g/mol. The maximum atomic E-state index is 10.2. The van der Waals surface area contributed by atoms with Gasteiger partial charge in [-0.2, -0.15) is 0 Å². The van der Waals surface area contributed by atoms with Crippen molar-refractivity contribution in [1.82, 2.24) is 0 Å². The van der Waals surface area contributed by atoms with Crippen LogP contribution in [0, 0.1) is 0 Å². The zero-order chi connectivity index (χ0) is 12.1. The minimum absolute atomic E-state index is 0.209. The lowest BCUT2D eigenvalue weighted by Crippen LogP contribution is -2.35. The molecule has 0 bridgehead atoms. The maximum Gasteiger partial charge on any atom is 0.460 e. The molecule has 0 rings (SSSR count). The average molecular weight is 236 g/mol. The van der Waals surface area contributed by atoms with Crippen molar-refractivity contribution in [3.8, 4) is 0 Å². The lowest BCUT2D eigenvalue weighted by Gasteiger charge is -2.39. The Hall–Kier alpha value is 0.295. The Balaban J connectivity index is 4.74. The second kappa shape index (κ2) is 6.79. The van der Waals surface area contributed by atoms with Crippen LogP contribution >= 0.6 is 10.3 Å². The summed E-state index contributed by atoms with van der Waals surface area (Å²) in [6.45, 7) is 4.23. The van der Waals surface area contributed by atoms with E-state index in [0.29, 0.717) is 0 Å². The van der Waals surface area contributed by atoms with Crippen LogP contribution in [-0.2, 0) is 9.31 Å². The summed E-state index contributed by atoms with van der Waals surface area (Å²) < 4.78 is 20.8. The largest absolute Gasteiger partial charge is 0.460 e. The van der Waals surface area contributed by atoms with Gasteiger partial charge in [-0.1, -0.05) is 20.3 Å². The molecule has 2 atom stereocenters. The van der Waals surface area contributed by atoms with Crippen molar-refractivity contribution in [2.75, 3.05) is 26.7 Å². The van der Waals surface area contributed by atoms with Gasteiger partial charge in [0.05, 0.1) is 0 Å².